The second kappa shape index (κ2) is 4.97. The maximum atomic E-state index is 11.1. The van der Waals surface area contributed by atoms with Crippen LogP contribution in [0.3, 0.4) is 0 Å². The number of hydrogen-bond acceptors (Lipinski definition) is 5. The zero-order valence-electron chi connectivity index (χ0n) is 10.6. The van der Waals surface area contributed by atoms with Gasteiger partial charge >= 0.3 is 5.76 Å². The van der Waals surface area contributed by atoms with Crippen LogP contribution in [0.4, 0.5) is 11.4 Å². The van der Waals surface area contributed by atoms with Crippen molar-refractivity contribution in [3.8, 4) is 0 Å². The molecule has 0 radical (unpaired) electrons. The molecule has 2 heterocycles. The summed E-state index contributed by atoms with van der Waals surface area (Å²) in [5, 5.41) is 3.32. The number of nitrogen functional groups attached to an aromatic ring is 1. The molecule has 1 saturated heterocycles. The molecule has 1 fully saturated rings. The van der Waals surface area contributed by atoms with Crippen molar-refractivity contribution in [3.63, 3.8) is 0 Å². The van der Waals surface area contributed by atoms with E-state index in [0.29, 0.717) is 22.7 Å². The highest BCUT2D eigenvalue weighted by Gasteiger charge is 2.14. The average molecular weight is 263 g/mol. The van der Waals surface area contributed by atoms with Crippen LogP contribution in [0, 0.1) is 5.92 Å². The van der Waals surface area contributed by atoms with Gasteiger partial charge in [0.2, 0.25) is 0 Å². The van der Waals surface area contributed by atoms with Crippen molar-refractivity contribution in [2.45, 2.75) is 12.8 Å². The van der Waals surface area contributed by atoms with Crippen LogP contribution in [0.15, 0.2) is 21.3 Å². The maximum absolute atomic E-state index is 11.1. The summed E-state index contributed by atoms with van der Waals surface area (Å²) in [6.45, 7) is 2.47. The maximum Gasteiger partial charge on any atom is 0.417 e. The second-order valence-corrected chi connectivity index (χ2v) is 4.91. The number of aromatic amines is 1. The fourth-order valence-electron chi connectivity index (χ4n) is 2.39. The minimum atomic E-state index is -0.466. The number of benzene rings is 1. The molecule has 0 amide bonds. The van der Waals surface area contributed by atoms with Crippen LogP contribution < -0.4 is 16.8 Å². The molecule has 1 aliphatic heterocycles. The Morgan fingerprint density at radius 3 is 3.16 bits per heavy atom. The first-order valence-electron chi connectivity index (χ1n) is 6.46. The minimum absolute atomic E-state index is 0.466. The average Bonchev–Trinajstić information content (AvgIpc) is 2.76. The Hall–Kier alpha value is -1.95. The number of rotatable bonds is 3. The van der Waals surface area contributed by atoms with E-state index in [-0.39, 0.29) is 0 Å². The van der Waals surface area contributed by atoms with E-state index < -0.39 is 5.76 Å². The highest BCUT2D eigenvalue weighted by Crippen LogP contribution is 2.25. The third-order valence-electron chi connectivity index (χ3n) is 3.43. The van der Waals surface area contributed by atoms with Crippen LogP contribution in [-0.4, -0.2) is 24.7 Å². The second-order valence-electron chi connectivity index (χ2n) is 4.91. The molecule has 19 heavy (non-hydrogen) atoms. The molecule has 1 aromatic heterocycles. The van der Waals surface area contributed by atoms with Gasteiger partial charge in [-0.25, -0.2) is 4.79 Å². The van der Waals surface area contributed by atoms with Gasteiger partial charge in [-0.2, -0.15) is 0 Å². The van der Waals surface area contributed by atoms with E-state index in [9.17, 15) is 4.79 Å². The van der Waals surface area contributed by atoms with Crippen molar-refractivity contribution in [1.82, 2.24) is 4.98 Å². The Kier molecular flexibility index (Phi) is 3.16. The van der Waals surface area contributed by atoms with Crippen LogP contribution >= 0.6 is 0 Å². The molecule has 1 unspecified atom stereocenters. The molecular formula is C13H17N3O3. The first kappa shape index (κ1) is 12.1. The summed E-state index contributed by atoms with van der Waals surface area (Å²) >= 11 is 0. The number of nitrogens with one attached hydrogen (secondary N) is 2. The van der Waals surface area contributed by atoms with E-state index in [1.54, 1.807) is 12.1 Å². The van der Waals surface area contributed by atoms with Gasteiger partial charge in [0, 0.05) is 19.2 Å². The molecule has 6 nitrogen and oxygen atoms in total. The normalized spacial score (nSPS) is 19.7. The fourth-order valence-corrected chi connectivity index (χ4v) is 2.39. The molecule has 6 heteroatoms. The third kappa shape index (κ3) is 2.58. The highest BCUT2D eigenvalue weighted by atomic mass is 16.5. The Morgan fingerprint density at radius 2 is 2.37 bits per heavy atom. The number of oxazole rings is 1. The molecule has 4 N–H and O–H groups in total. The van der Waals surface area contributed by atoms with Crippen LogP contribution in [-0.2, 0) is 4.74 Å². The minimum Gasteiger partial charge on any atom is -0.408 e. The lowest BCUT2D eigenvalue weighted by Crippen LogP contribution is -2.24. The van der Waals surface area contributed by atoms with Gasteiger partial charge in [0.25, 0.3) is 0 Å². The zero-order chi connectivity index (χ0) is 13.2. The largest absolute Gasteiger partial charge is 0.417 e. The molecule has 3 rings (SSSR count). The standard InChI is InChI=1S/C13H17N3O3/c14-9-4-12-11(16-13(17)19-12)5-10(9)15-6-8-2-1-3-18-7-8/h4-5,8,15H,1-3,6-7,14H2,(H,16,17). The number of hydrogen-bond donors (Lipinski definition) is 3. The lowest BCUT2D eigenvalue weighted by atomic mass is 10.0. The molecule has 0 bridgehead atoms. The van der Waals surface area contributed by atoms with E-state index >= 15 is 0 Å². The number of fused-ring (bicyclic) bond motifs is 1. The van der Waals surface area contributed by atoms with Crippen molar-refractivity contribution in [3.05, 3.63) is 22.7 Å². The monoisotopic (exact) mass is 263 g/mol. The SMILES string of the molecule is Nc1cc2oc(=O)[nH]c2cc1NCC1CCCOC1. The van der Waals surface area contributed by atoms with Crippen molar-refractivity contribution >= 4 is 22.5 Å². The van der Waals surface area contributed by atoms with Crippen molar-refractivity contribution < 1.29 is 9.15 Å². The number of aromatic nitrogens is 1. The summed E-state index contributed by atoms with van der Waals surface area (Å²) in [4.78, 5) is 13.7. The van der Waals surface area contributed by atoms with Crippen molar-refractivity contribution in [2.24, 2.45) is 5.92 Å². The summed E-state index contributed by atoms with van der Waals surface area (Å²) in [5.41, 5.74) is 8.47. The Bertz CT molecular complexity index is 626. The smallest absolute Gasteiger partial charge is 0.408 e. The number of ether oxygens (including phenoxy) is 1. The number of nitrogens with two attached hydrogens (primary N) is 1. The Morgan fingerprint density at radius 1 is 1.47 bits per heavy atom. The third-order valence-corrected chi connectivity index (χ3v) is 3.43. The van der Waals surface area contributed by atoms with Crippen LogP contribution in [0.1, 0.15) is 12.8 Å². The van der Waals surface area contributed by atoms with Crippen LogP contribution in [0.25, 0.3) is 11.1 Å². The molecule has 102 valence electrons. The van der Waals surface area contributed by atoms with Gasteiger partial charge in [0.1, 0.15) is 0 Å². The van der Waals surface area contributed by atoms with Gasteiger partial charge in [-0.1, -0.05) is 0 Å². The predicted octanol–water partition coefficient (Wildman–Crippen LogP) is 1.54. The first-order chi connectivity index (χ1) is 9.22. The summed E-state index contributed by atoms with van der Waals surface area (Å²) in [7, 11) is 0. The summed E-state index contributed by atoms with van der Waals surface area (Å²) in [6.07, 6.45) is 2.27. The highest BCUT2D eigenvalue weighted by molar-refractivity contribution is 5.85. The van der Waals surface area contributed by atoms with Gasteiger partial charge in [-0.05, 0) is 24.8 Å². The van der Waals surface area contributed by atoms with Gasteiger partial charge < -0.3 is 20.2 Å². The molecular weight excluding hydrogens is 246 g/mol. The van der Waals surface area contributed by atoms with E-state index in [2.05, 4.69) is 10.3 Å². The van der Waals surface area contributed by atoms with Crippen LogP contribution in [0.2, 0.25) is 0 Å². The number of anilines is 2. The molecule has 0 spiro atoms. The van der Waals surface area contributed by atoms with Crippen molar-refractivity contribution in [2.75, 3.05) is 30.8 Å². The van der Waals surface area contributed by atoms with Gasteiger partial charge in [-0.3, -0.25) is 4.98 Å². The Labute approximate surface area is 109 Å². The molecule has 1 aromatic carbocycles. The molecule has 2 aromatic rings. The molecule has 1 aliphatic rings. The molecule has 0 saturated carbocycles. The summed E-state index contributed by atoms with van der Waals surface area (Å²) < 4.78 is 10.4. The van der Waals surface area contributed by atoms with Gasteiger partial charge in [0.05, 0.1) is 23.5 Å². The fraction of sp³-hybridized carbons (Fsp3) is 0.462. The zero-order valence-corrected chi connectivity index (χ0v) is 10.6. The topological polar surface area (TPSA) is 93.3 Å². The van der Waals surface area contributed by atoms with Gasteiger partial charge in [-0.15, -0.1) is 0 Å². The number of H-pyrrole nitrogens is 1. The molecule has 1 atom stereocenters. The quantitative estimate of drug-likeness (QED) is 0.730. The van der Waals surface area contributed by atoms with Crippen LogP contribution in [0.5, 0.6) is 0 Å². The lowest BCUT2D eigenvalue weighted by molar-refractivity contribution is 0.0595. The first-order valence-corrected chi connectivity index (χ1v) is 6.46. The lowest BCUT2D eigenvalue weighted by Gasteiger charge is -2.23. The predicted molar refractivity (Wildman–Crippen MR) is 73.3 cm³/mol. The van der Waals surface area contributed by atoms with E-state index in [1.165, 1.54) is 0 Å². The van der Waals surface area contributed by atoms with Gasteiger partial charge in [0.15, 0.2) is 5.58 Å². The van der Waals surface area contributed by atoms with E-state index in [0.717, 1.165) is 38.3 Å². The van der Waals surface area contributed by atoms with E-state index in [1.807, 2.05) is 0 Å². The van der Waals surface area contributed by atoms with Crippen molar-refractivity contribution in [1.29, 1.82) is 0 Å². The van der Waals surface area contributed by atoms with E-state index in [4.69, 9.17) is 14.9 Å². The summed E-state index contributed by atoms with van der Waals surface area (Å²) in [6, 6.07) is 3.46. The Balaban J connectivity index is 1.76. The summed E-state index contributed by atoms with van der Waals surface area (Å²) in [5.74, 6) is 0.0412. The molecule has 0 aliphatic carbocycles.